The maximum Gasteiger partial charge on any atom is 0.272 e. The van der Waals surface area contributed by atoms with Crippen molar-refractivity contribution in [3.63, 3.8) is 0 Å². The highest BCUT2D eigenvalue weighted by atomic mass is 16.3. The summed E-state index contributed by atoms with van der Waals surface area (Å²) in [4.78, 5) is 18.9. The number of hydrogen-bond acceptors (Lipinski definition) is 4. The Bertz CT molecular complexity index is 705. The molecule has 130 valence electrons. The zero-order valence-electron chi connectivity index (χ0n) is 14.5. The molecule has 0 radical (unpaired) electrons. The molecule has 2 aromatic rings. The van der Waals surface area contributed by atoms with Crippen molar-refractivity contribution in [3.8, 4) is 0 Å². The van der Waals surface area contributed by atoms with Gasteiger partial charge in [-0.2, -0.15) is 5.10 Å². The molecule has 0 aromatic carbocycles. The van der Waals surface area contributed by atoms with Crippen LogP contribution in [0.5, 0.6) is 0 Å². The Labute approximate surface area is 141 Å². The number of amides is 1. The van der Waals surface area contributed by atoms with Crippen molar-refractivity contribution >= 4 is 5.91 Å². The molecule has 7 nitrogen and oxygen atoms in total. The number of likely N-dealkylation sites (tertiary alicyclic amines) is 1. The zero-order valence-corrected chi connectivity index (χ0v) is 14.5. The van der Waals surface area contributed by atoms with E-state index in [9.17, 15) is 9.90 Å². The van der Waals surface area contributed by atoms with Crippen LogP contribution in [0.25, 0.3) is 0 Å². The lowest BCUT2D eigenvalue weighted by Gasteiger charge is -2.35. The van der Waals surface area contributed by atoms with Crippen LogP contribution in [0.2, 0.25) is 0 Å². The second-order valence-corrected chi connectivity index (χ2v) is 6.75. The topological polar surface area (TPSA) is 76.2 Å². The molecule has 0 spiro atoms. The summed E-state index contributed by atoms with van der Waals surface area (Å²) in [6.07, 6.45) is 6.29. The van der Waals surface area contributed by atoms with Crippen molar-refractivity contribution in [2.75, 3.05) is 13.1 Å². The highest BCUT2D eigenvalue weighted by Gasteiger charge is 2.32. The van der Waals surface area contributed by atoms with Gasteiger partial charge in [0, 0.05) is 50.7 Å². The van der Waals surface area contributed by atoms with Crippen LogP contribution in [0.1, 0.15) is 55.1 Å². The fraction of sp³-hybridized carbons (Fsp3) is 0.588. The molecule has 0 saturated carbocycles. The number of nitrogens with zero attached hydrogens (tertiary/aromatic N) is 5. The van der Waals surface area contributed by atoms with E-state index >= 15 is 0 Å². The molecule has 1 fully saturated rings. The highest BCUT2D eigenvalue weighted by molar-refractivity contribution is 5.92. The minimum absolute atomic E-state index is 0.000721. The van der Waals surface area contributed by atoms with Gasteiger partial charge in [0.25, 0.3) is 5.91 Å². The quantitative estimate of drug-likeness (QED) is 0.926. The van der Waals surface area contributed by atoms with Crippen LogP contribution in [0, 0.1) is 5.92 Å². The van der Waals surface area contributed by atoms with E-state index in [0.717, 1.165) is 12.8 Å². The lowest BCUT2D eigenvalue weighted by atomic mass is 9.91. The number of rotatable bonds is 4. The first-order chi connectivity index (χ1) is 11.5. The fourth-order valence-electron chi connectivity index (χ4n) is 3.38. The van der Waals surface area contributed by atoms with Crippen LogP contribution in [-0.4, -0.2) is 48.3 Å². The van der Waals surface area contributed by atoms with Crippen LogP contribution in [0.15, 0.2) is 24.7 Å². The van der Waals surface area contributed by atoms with Gasteiger partial charge in [0.05, 0.1) is 0 Å². The number of carbonyl (C=O) groups is 1. The molecule has 2 aromatic heterocycles. The molecule has 0 aliphatic carbocycles. The van der Waals surface area contributed by atoms with Gasteiger partial charge in [0.2, 0.25) is 0 Å². The predicted octanol–water partition coefficient (Wildman–Crippen LogP) is 1.78. The Morgan fingerprint density at radius 2 is 2.17 bits per heavy atom. The number of carbonyl (C=O) groups excluding carboxylic acids is 1. The summed E-state index contributed by atoms with van der Waals surface area (Å²) >= 11 is 0. The minimum atomic E-state index is -0.657. The number of aromatic nitrogens is 4. The molecule has 2 unspecified atom stereocenters. The molecule has 3 rings (SSSR count). The first kappa shape index (κ1) is 16.7. The van der Waals surface area contributed by atoms with Crippen molar-refractivity contribution in [2.45, 2.75) is 38.8 Å². The number of imidazole rings is 1. The first-order valence-electron chi connectivity index (χ1n) is 8.47. The molecule has 7 heteroatoms. The Morgan fingerprint density at radius 3 is 2.83 bits per heavy atom. The maximum atomic E-state index is 12.9. The third-order valence-electron chi connectivity index (χ3n) is 4.69. The summed E-state index contributed by atoms with van der Waals surface area (Å²) < 4.78 is 3.58. The van der Waals surface area contributed by atoms with E-state index < -0.39 is 6.10 Å². The number of aliphatic hydroxyl groups is 1. The summed E-state index contributed by atoms with van der Waals surface area (Å²) in [7, 11) is 1.87. The van der Waals surface area contributed by atoms with Crippen molar-refractivity contribution in [2.24, 2.45) is 13.0 Å². The van der Waals surface area contributed by atoms with E-state index in [1.54, 1.807) is 23.1 Å². The fourth-order valence-corrected chi connectivity index (χ4v) is 3.38. The number of aliphatic hydroxyl groups excluding tert-OH is 1. The van der Waals surface area contributed by atoms with E-state index in [2.05, 4.69) is 10.1 Å². The monoisotopic (exact) mass is 331 g/mol. The molecule has 1 amide bonds. The van der Waals surface area contributed by atoms with Crippen molar-refractivity contribution in [3.05, 3.63) is 36.2 Å². The van der Waals surface area contributed by atoms with Crippen LogP contribution < -0.4 is 0 Å². The van der Waals surface area contributed by atoms with Gasteiger partial charge in [-0.05, 0) is 32.8 Å². The average molecular weight is 331 g/mol. The van der Waals surface area contributed by atoms with E-state index in [0.29, 0.717) is 24.6 Å². The van der Waals surface area contributed by atoms with Crippen molar-refractivity contribution in [1.82, 2.24) is 24.2 Å². The molecule has 1 aliphatic heterocycles. The van der Waals surface area contributed by atoms with E-state index in [-0.39, 0.29) is 17.9 Å². The SMILES string of the molecule is CC(C)n1nccc1C(=O)N1CCCC(C(O)c2nccn2C)C1. The average Bonchev–Trinajstić information content (AvgIpc) is 3.22. The first-order valence-corrected chi connectivity index (χ1v) is 8.47. The van der Waals surface area contributed by atoms with Crippen LogP contribution in [0.4, 0.5) is 0 Å². The van der Waals surface area contributed by atoms with Gasteiger partial charge in [-0.15, -0.1) is 0 Å². The number of piperidine rings is 1. The smallest absolute Gasteiger partial charge is 0.272 e. The summed E-state index contributed by atoms with van der Waals surface area (Å²) in [6.45, 7) is 5.27. The molecule has 24 heavy (non-hydrogen) atoms. The van der Waals surface area contributed by atoms with E-state index in [4.69, 9.17) is 0 Å². The molecule has 0 bridgehead atoms. The van der Waals surface area contributed by atoms with Gasteiger partial charge in [-0.3, -0.25) is 9.48 Å². The lowest BCUT2D eigenvalue weighted by Crippen LogP contribution is -2.42. The summed E-state index contributed by atoms with van der Waals surface area (Å²) in [5, 5.41) is 14.9. The minimum Gasteiger partial charge on any atom is -0.385 e. The molecule has 3 heterocycles. The third-order valence-corrected chi connectivity index (χ3v) is 4.69. The molecule has 1 aliphatic rings. The van der Waals surface area contributed by atoms with Gasteiger partial charge in [0.1, 0.15) is 17.6 Å². The zero-order chi connectivity index (χ0) is 17.3. The molecular weight excluding hydrogens is 306 g/mol. The Morgan fingerprint density at radius 1 is 1.38 bits per heavy atom. The Hall–Kier alpha value is -2.15. The second-order valence-electron chi connectivity index (χ2n) is 6.75. The largest absolute Gasteiger partial charge is 0.385 e. The van der Waals surface area contributed by atoms with Crippen LogP contribution >= 0.6 is 0 Å². The summed E-state index contributed by atoms with van der Waals surface area (Å²) in [5.74, 6) is 0.638. The van der Waals surface area contributed by atoms with Gasteiger partial charge < -0.3 is 14.6 Å². The van der Waals surface area contributed by atoms with E-state index in [1.165, 1.54) is 0 Å². The van der Waals surface area contributed by atoms with E-state index in [1.807, 2.05) is 36.6 Å². The summed E-state index contributed by atoms with van der Waals surface area (Å²) in [5.41, 5.74) is 0.608. The maximum absolute atomic E-state index is 12.9. The standard InChI is InChI=1S/C17H25N5O2/c1-12(2)22-14(6-7-19-22)17(24)21-9-4-5-13(11-21)15(23)16-18-8-10-20(16)3/h6-8,10,12-13,15,23H,4-5,9,11H2,1-3H3. The third kappa shape index (κ3) is 3.08. The van der Waals surface area contributed by atoms with Crippen molar-refractivity contribution < 1.29 is 9.90 Å². The Balaban J connectivity index is 1.74. The molecule has 2 atom stereocenters. The van der Waals surface area contributed by atoms with Crippen LogP contribution in [0.3, 0.4) is 0 Å². The van der Waals surface area contributed by atoms with Crippen LogP contribution in [-0.2, 0) is 7.05 Å². The molecule has 1 saturated heterocycles. The number of hydrogen-bond donors (Lipinski definition) is 1. The van der Waals surface area contributed by atoms with Gasteiger partial charge in [-0.25, -0.2) is 4.98 Å². The van der Waals surface area contributed by atoms with Crippen molar-refractivity contribution in [1.29, 1.82) is 0 Å². The lowest BCUT2D eigenvalue weighted by molar-refractivity contribution is 0.0350. The normalized spacial score (nSPS) is 19.7. The molecular formula is C17H25N5O2. The Kier molecular flexibility index (Phi) is 4.71. The van der Waals surface area contributed by atoms with Gasteiger partial charge in [0.15, 0.2) is 0 Å². The predicted molar refractivity (Wildman–Crippen MR) is 89.4 cm³/mol. The second kappa shape index (κ2) is 6.76. The van der Waals surface area contributed by atoms with Gasteiger partial charge >= 0.3 is 0 Å². The number of aryl methyl sites for hydroxylation is 1. The highest BCUT2D eigenvalue weighted by Crippen LogP contribution is 2.29. The van der Waals surface area contributed by atoms with Gasteiger partial charge in [-0.1, -0.05) is 0 Å². The summed E-state index contributed by atoms with van der Waals surface area (Å²) in [6, 6.07) is 1.90. The molecule has 1 N–H and O–H groups in total.